The van der Waals surface area contributed by atoms with Gasteiger partial charge in [-0.05, 0) is 28.0 Å². The molecule has 0 spiro atoms. The van der Waals surface area contributed by atoms with Gasteiger partial charge in [0.15, 0.2) is 0 Å². The molecule has 0 aliphatic carbocycles. The van der Waals surface area contributed by atoms with E-state index in [0.29, 0.717) is 0 Å². The zero-order valence-electron chi connectivity index (χ0n) is 7.83. The summed E-state index contributed by atoms with van der Waals surface area (Å²) in [6.45, 7) is 3.78. The van der Waals surface area contributed by atoms with Crippen molar-refractivity contribution in [3.8, 4) is 0 Å². The molecule has 0 unspecified atom stereocenters. The molecule has 0 aromatic heterocycles. The maximum absolute atomic E-state index is 3.78. The summed E-state index contributed by atoms with van der Waals surface area (Å²) in [4.78, 5) is 0. The van der Waals surface area contributed by atoms with E-state index in [1.54, 1.807) is 0 Å². The third-order valence-electron chi connectivity index (χ3n) is 2.37. The fourth-order valence-electron chi connectivity index (χ4n) is 1.61. The van der Waals surface area contributed by atoms with Crippen LogP contribution in [0.4, 0.5) is 0 Å². The lowest BCUT2D eigenvalue weighted by Gasteiger charge is -2.04. The fraction of sp³-hybridized carbons (Fsp3) is 0.0769. The minimum absolute atomic E-state index is 1.06. The van der Waals surface area contributed by atoms with Crippen LogP contribution in [0.5, 0.6) is 0 Å². The van der Waals surface area contributed by atoms with E-state index in [1.807, 2.05) is 6.08 Å². The minimum atomic E-state index is 1.06. The zero-order chi connectivity index (χ0) is 9.97. The highest BCUT2D eigenvalue weighted by Crippen LogP contribution is 2.22. The highest BCUT2D eigenvalue weighted by Gasteiger charge is 1.98. The first-order chi connectivity index (χ1) is 6.85. The molecule has 0 atom stereocenters. The van der Waals surface area contributed by atoms with E-state index in [1.165, 1.54) is 21.9 Å². The van der Waals surface area contributed by atoms with Crippen LogP contribution in [-0.2, 0) is 4.43 Å². The Morgan fingerprint density at radius 3 is 2.79 bits per heavy atom. The van der Waals surface area contributed by atoms with Gasteiger partial charge in [0.1, 0.15) is 0 Å². The van der Waals surface area contributed by atoms with Gasteiger partial charge >= 0.3 is 0 Å². The van der Waals surface area contributed by atoms with Gasteiger partial charge in [0.25, 0.3) is 0 Å². The molecule has 0 bridgehead atoms. The van der Waals surface area contributed by atoms with Gasteiger partial charge in [-0.3, -0.25) is 0 Å². The normalized spacial score (nSPS) is 10.4. The van der Waals surface area contributed by atoms with Gasteiger partial charge < -0.3 is 0 Å². The van der Waals surface area contributed by atoms with Crippen molar-refractivity contribution in [2.24, 2.45) is 0 Å². The second-order valence-corrected chi connectivity index (χ2v) is 4.00. The topological polar surface area (TPSA) is 0 Å². The molecule has 0 nitrogen and oxygen atoms in total. The average molecular weight is 294 g/mol. The molecule has 0 heterocycles. The minimum Gasteiger partial charge on any atom is -0.0985 e. The Hall–Kier alpha value is -0.830. The third-order valence-corrected chi connectivity index (χ3v) is 3.20. The first-order valence-electron chi connectivity index (χ1n) is 4.55. The van der Waals surface area contributed by atoms with Gasteiger partial charge in [0.05, 0.1) is 0 Å². The molecule has 0 amide bonds. The quantitative estimate of drug-likeness (QED) is 0.568. The number of rotatable bonds is 2. The maximum atomic E-state index is 3.78. The van der Waals surface area contributed by atoms with Gasteiger partial charge in [-0.2, -0.15) is 0 Å². The van der Waals surface area contributed by atoms with Crippen LogP contribution in [0.2, 0.25) is 0 Å². The van der Waals surface area contributed by atoms with Gasteiger partial charge in [0, 0.05) is 4.43 Å². The maximum Gasteiger partial charge on any atom is 0.0253 e. The van der Waals surface area contributed by atoms with Crippen LogP contribution < -0.4 is 0 Å². The lowest BCUT2D eigenvalue weighted by atomic mass is 10.0. The Morgan fingerprint density at radius 2 is 2.07 bits per heavy atom. The summed E-state index contributed by atoms with van der Waals surface area (Å²) in [5, 5.41) is 2.66. The molecule has 2 rings (SSSR count). The Morgan fingerprint density at radius 1 is 1.21 bits per heavy atom. The van der Waals surface area contributed by atoms with Crippen molar-refractivity contribution in [3.63, 3.8) is 0 Å². The number of alkyl halides is 1. The number of fused-ring (bicyclic) bond motifs is 1. The van der Waals surface area contributed by atoms with E-state index in [4.69, 9.17) is 0 Å². The number of benzene rings is 2. The van der Waals surface area contributed by atoms with Gasteiger partial charge in [0.2, 0.25) is 0 Å². The fourth-order valence-corrected chi connectivity index (χ4v) is 2.28. The molecule has 0 saturated carbocycles. The first-order valence-corrected chi connectivity index (χ1v) is 6.08. The van der Waals surface area contributed by atoms with Crippen LogP contribution in [0.15, 0.2) is 43.0 Å². The lowest BCUT2D eigenvalue weighted by Crippen LogP contribution is -1.82. The second-order valence-electron chi connectivity index (χ2n) is 3.24. The SMILES string of the molecule is C=Cc1ccc2c(CI)cccc2c1. The molecule has 1 heteroatoms. The van der Waals surface area contributed by atoms with Crippen LogP contribution in [-0.4, -0.2) is 0 Å². The monoisotopic (exact) mass is 294 g/mol. The van der Waals surface area contributed by atoms with Crippen molar-refractivity contribution in [2.45, 2.75) is 4.43 Å². The van der Waals surface area contributed by atoms with E-state index in [0.717, 1.165) is 4.43 Å². The summed E-state index contributed by atoms with van der Waals surface area (Å²) in [6, 6.07) is 12.9. The van der Waals surface area contributed by atoms with Gasteiger partial charge in [-0.25, -0.2) is 0 Å². The Kier molecular flexibility index (Phi) is 2.87. The van der Waals surface area contributed by atoms with Crippen molar-refractivity contribution in [1.29, 1.82) is 0 Å². The number of hydrogen-bond acceptors (Lipinski definition) is 0. The van der Waals surface area contributed by atoms with E-state index in [2.05, 4.69) is 65.6 Å². The molecular formula is C13H11I. The van der Waals surface area contributed by atoms with Crippen LogP contribution >= 0.6 is 22.6 Å². The van der Waals surface area contributed by atoms with E-state index in [9.17, 15) is 0 Å². The summed E-state index contributed by atoms with van der Waals surface area (Å²) in [5.41, 5.74) is 2.59. The first kappa shape index (κ1) is 9.71. The van der Waals surface area contributed by atoms with E-state index in [-0.39, 0.29) is 0 Å². The predicted octanol–water partition coefficient (Wildman–Crippen LogP) is 4.42. The Labute approximate surface area is 97.8 Å². The zero-order valence-corrected chi connectivity index (χ0v) is 9.99. The Balaban J connectivity index is 2.73. The van der Waals surface area contributed by atoms with Crippen molar-refractivity contribution < 1.29 is 0 Å². The Bertz CT molecular complexity index is 472. The largest absolute Gasteiger partial charge is 0.0985 e. The van der Waals surface area contributed by atoms with Crippen LogP contribution in [0.3, 0.4) is 0 Å². The average Bonchev–Trinajstić information content (AvgIpc) is 2.27. The molecule has 0 saturated heterocycles. The van der Waals surface area contributed by atoms with Crippen molar-refractivity contribution in [3.05, 3.63) is 54.1 Å². The number of halogens is 1. The molecule has 70 valence electrons. The molecule has 2 aromatic carbocycles. The summed E-state index contributed by atoms with van der Waals surface area (Å²) in [5.74, 6) is 0. The third kappa shape index (κ3) is 1.69. The second kappa shape index (κ2) is 4.13. The molecular weight excluding hydrogens is 283 g/mol. The molecule has 0 aliphatic rings. The summed E-state index contributed by atoms with van der Waals surface area (Å²) in [6.07, 6.45) is 1.89. The molecule has 0 radical (unpaired) electrons. The summed E-state index contributed by atoms with van der Waals surface area (Å²) >= 11 is 2.40. The highest BCUT2D eigenvalue weighted by atomic mass is 127. The smallest absolute Gasteiger partial charge is 0.0253 e. The molecule has 0 aliphatic heterocycles. The summed E-state index contributed by atoms with van der Waals surface area (Å²) < 4.78 is 1.06. The lowest BCUT2D eigenvalue weighted by molar-refractivity contribution is 1.51. The van der Waals surface area contributed by atoms with Crippen LogP contribution in [0, 0.1) is 0 Å². The molecule has 0 fully saturated rings. The van der Waals surface area contributed by atoms with Crippen LogP contribution in [0.25, 0.3) is 16.8 Å². The van der Waals surface area contributed by atoms with Crippen molar-refractivity contribution >= 4 is 39.4 Å². The van der Waals surface area contributed by atoms with Crippen molar-refractivity contribution in [2.75, 3.05) is 0 Å². The highest BCUT2D eigenvalue weighted by molar-refractivity contribution is 14.1. The van der Waals surface area contributed by atoms with E-state index < -0.39 is 0 Å². The molecule has 0 N–H and O–H groups in total. The van der Waals surface area contributed by atoms with E-state index >= 15 is 0 Å². The standard InChI is InChI=1S/C13H11I/c1-2-10-6-7-13-11(8-10)4-3-5-12(13)9-14/h2-8H,1,9H2. The summed E-state index contributed by atoms with van der Waals surface area (Å²) in [7, 11) is 0. The molecule has 14 heavy (non-hydrogen) atoms. The van der Waals surface area contributed by atoms with Gasteiger partial charge in [-0.1, -0.05) is 65.6 Å². The predicted molar refractivity (Wildman–Crippen MR) is 71.8 cm³/mol. The van der Waals surface area contributed by atoms with Crippen molar-refractivity contribution in [1.82, 2.24) is 0 Å². The van der Waals surface area contributed by atoms with Gasteiger partial charge in [-0.15, -0.1) is 0 Å². The van der Waals surface area contributed by atoms with Crippen LogP contribution in [0.1, 0.15) is 11.1 Å². The molecule has 2 aromatic rings. The number of hydrogen-bond donors (Lipinski definition) is 0.